The van der Waals surface area contributed by atoms with Crippen LogP contribution in [0.15, 0.2) is 72.9 Å². The van der Waals surface area contributed by atoms with E-state index in [0.717, 1.165) is 70.6 Å². The van der Waals surface area contributed by atoms with E-state index in [9.17, 15) is 9.90 Å². The van der Waals surface area contributed by atoms with Crippen molar-refractivity contribution >= 4 is 5.97 Å². The van der Waals surface area contributed by atoms with Crippen LogP contribution in [-0.2, 0) is 14.3 Å². The molecule has 0 aliphatic heterocycles. The van der Waals surface area contributed by atoms with E-state index in [0.29, 0.717) is 13.0 Å². The van der Waals surface area contributed by atoms with Gasteiger partial charge in [-0.1, -0.05) is 145 Å². The Labute approximate surface area is 285 Å². The maximum atomic E-state index is 12.1. The molecule has 0 saturated carbocycles. The van der Waals surface area contributed by atoms with Gasteiger partial charge in [0, 0.05) is 13.0 Å². The number of allylic oxidation sites excluding steroid dienone is 12. The summed E-state index contributed by atoms with van der Waals surface area (Å²) >= 11 is 0. The number of hydrogen-bond acceptors (Lipinski definition) is 4. The third-order valence-electron chi connectivity index (χ3n) is 7.77. The van der Waals surface area contributed by atoms with Gasteiger partial charge >= 0.3 is 5.97 Å². The normalized spacial score (nSPS) is 13.2. The fourth-order valence-corrected chi connectivity index (χ4v) is 4.94. The van der Waals surface area contributed by atoms with Gasteiger partial charge in [0.1, 0.15) is 6.10 Å². The number of aliphatic hydroxyl groups excluding tert-OH is 1. The Morgan fingerprint density at radius 1 is 0.543 bits per heavy atom. The highest BCUT2D eigenvalue weighted by Gasteiger charge is 2.13. The van der Waals surface area contributed by atoms with Crippen molar-refractivity contribution in [3.05, 3.63) is 72.9 Å². The van der Waals surface area contributed by atoms with Crippen LogP contribution >= 0.6 is 0 Å². The molecule has 0 saturated heterocycles. The van der Waals surface area contributed by atoms with E-state index in [1.165, 1.54) is 70.6 Å². The minimum absolute atomic E-state index is 0.185. The topological polar surface area (TPSA) is 55.8 Å². The van der Waals surface area contributed by atoms with E-state index >= 15 is 0 Å². The van der Waals surface area contributed by atoms with Crippen LogP contribution in [0.4, 0.5) is 0 Å². The molecule has 0 amide bonds. The van der Waals surface area contributed by atoms with Crippen LogP contribution in [0, 0.1) is 0 Å². The van der Waals surface area contributed by atoms with E-state index in [1.807, 2.05) is 0 Å². The molecule has 4 nitrogen and oxygen atoms in total. The number of ether oxygens (including phenoxy) is 2. The molecule has 0 aromatic carbocycles. The largest absolute Gasteiger partial charge is 0.457 e. The molecule has 0 radical (unpaired) electrons. The van der Waals surface area contributed by atoms with E-state index in [4.69, 9.17) is 9.47 Å². The van der Waals surface area contributed by atoms with Gasteiger partial charge in [0.05, 0.1) is 13.2 Å². The zero-order valence-corrected chi connectivity index (χ0v) is 30.1. The molecule has 4 heteroatoms. The van der Waals surface area contributed by atoms with Crippen molar-refractivity contribution in [2.75, 3.05) is 19.8 Å². The number of carbonyl (C=O) groups excluding carboxylic acids is 1. The lowest BCUT2D eigenvalue weighted by atomic mass is 10.1. The lowest BCUT2D eigenvalue weighted by Crippen LogP contribution is -2.27. The second-order valence-electron chi connectivity index (χ2n) is 12.3. The molecule has 1 atom stereocenters. The summed E-state index contributed by atoms with van der Waals surface area (Å²) in [6.45, 7) is 5.15. The molecule has 0 aliphatic rings. The Kier molecular flexibility index (Phi) is 37.2. The van der Waals surface area contributed by atoms with Crippen molar-refractivity contribution in [2.45, 2.75) is 168 Å². The lowest BCUT2D eigenvalue weighted by molar-refractivity contribution is -0.154. The number of unbranched alkanes of at least 4 members (excludes halogenated alkanes) is 14. The lowest BCUT2D eigenvalue weighted by Gasteiger charge is -2.15. The summed E-state index contributed by atoms with van der Waals surface area (Å²) < 4.78 is 11.1. The number of carbonyl (C=O) groups is 1. The summed E-state index contributed by atoms with van der Waals surface area (Å²) in [5, 5.41) is 9.55. The van der Waals surface area contributed by atoms with E-state index in [-0.39, 0.29) is 19.2 Å². The molecule has 0 bridgehead atoms. The highest BCUT2D eigenvalue weighted by molar-refractivity contribution is 5.69. The zero-order valence-electron chi connectivity index (χ0n) is 30.1. The van der Waals surface area contributed by atoms with Gasteiger partial charge in [0.15, 0.2) is 0 Å². The molecule has 0 aliphatic carbocycles. The van der Waals surface area contributed by atoms with Crippen molar-refractivity contribution in [3.8, 4) is 0 Å². The van der Waals surface area contributed by atoms with Crippen LogP contribution in [0.1, 0.15) is 162 Å². The Bertz CT molecular complexity index is 804. The quantitative estimate of drug-likeness (QED) is 0.0432. The first-order valence-electron chi connectivity index (χ1n) is 19.0. The van der Waals surface area contributed by atoms with Crippen molar-refractivity contribution in [1.29, 1.82) is 0 Å². The first kappa shape index (κ1) is 43.8. The summed E-state index contributed by atoms with van der Waals surface area (Å²) in [7, 11) is 0. The number of esters is 1. The van der Waals surface area contributed by atoms with Crippen LogP contribution < -0.4 is 0 Å². The average Bonchev–Trinajstić information content (AvgIpc) is 3.06. The Hall–Kier alpha value is -2.17. The first-order valence-corrected chi connectivity index (χ1v) is 19.0. The monoisotopic (exact) mass is 641 g/mol. The summed E-state index contributed by atoms with van der Waals surface area (Å²) in [5.74, 6) is -0.220. The number of hydrogen-bond donors (Lipinski definition) is 1. The SMILES string of the molecule is CC/C=C\C/C=C\C/C=C\C/C=C\C/C=C\CCCCCCCCOCC(CO)OC(=O)CCCCCCC/C=C\CCCCC. The van der Waals surface area contributed by atoms with Crippen LogP contribution in [0.3, 0.4) is 0 Å². The third kappa shape index (κ3) is 36.3. The maximum absolute atomic E-state index is 12.1. The van der Waals surface area contributed by atoms with Gasteiger partial charge in [-0.25, -0.2) is 0 Å². The summed E-state index contributed by atoms with van der Waals surface area (Å²) in [6, 6.07) is 0. The van der Waals surface area contributed by atoms with Gasteiger partial charge in [0.2, 0.25) is 0 Å². The second-order valence-corrected chi connectivity index (χ2v) is 12.3. The molecule has 264 valence electrons. The molecule has 0 heterocycles. The summed E-state index contributed by atoms with van der Waals surface area (Å²) in [6.07, 6.45) is 52.3. The number of aliphatic hydroxyl groups is 1. The smallest absolute Gasteiger partial charge is 0.306 e. The highest BCUT2D eigenvalue weighted by atomic mass is 16.6. The van der Waals surface area contributed by atoms with E-state index in [2.05, 4.69) is 86.8 Å². The maximum Gasteiger partial charge on any atom is 0.306 e. The van der Waals surface area contributed by atoms with Crippen LogP contribution in [0.25, 0.3) is 0 Å². The molecule has 0 spiro atoms. The molecule has 46 heavy (non-hydrogen) atoms. The Morgan fingerprint density at radius 2 is 0.978 bits per heavy atom. The highest BCUT2D eigenvalue weighted by Crippen LogP contribution is 2.11. The molecule has 0 aromatic heterocycles. The summed E-state index contributed by atoms with van der Waals surface area (Å²) in [5.41, 5.74) is 0. The first-order chi connectivity index (χ1) is 22.7. The van der Waals surface area contributed by atoms with Gasteiger partial charge in [-0.3, -0.25) is 4.79 Å². The fraction of sp³-hybridized carbons (Fsp3) is 0.690. The predicted molar refractivity (Wildman–Crippen MR) is 200 cm³/mol. The molecule has 0 aromatic rings. The fourth-order valence-electron chi connectivity index (χ4n) is 4.94. The van der Waals surface area contributed by atoms with Gasteiger partial charge in [0.25, 0.3) is 0 Å². The zero-order chi connectivity index (χ0) is 33.4. The van der Waals surface area contributed by atoms with Crippen LogP contribution in [0.5, 0.6) is 0 Å². The number of rotatable bonds is 34. The van der Waals surface area contributed by atoms with Gasteiger partial charge in [-0.05, 0) is 83.5 Å². The average molecular weight is 641 g/mol. The minimum Gasteiger partial charge on any atom is -0.457 e. The standard InChI is InChI=1S/C42H72O4/c1-3-5-7-9-11-13-15-17-18-19-20-21-22-23-24-25-26-28-30-32-34-36-38-45-40-41(39-43)46-42(44)37-35-33-31-29-27-16-14-12-10-8-6-4-2/h5,7,11-14,17-18,20-21,23-24,41,43H,3-4,6,8-10,15-16,19,22,25-40H2,1-2H3/b7-5-,13-11-,14-12-,18-17-,21-20-,24-23-. The molecular weight excluding hydrogens is 568 g/mol. The third-order valence-corrected chi connectivity index (χ3v) is 7.77. The van der Waals surface area contributed by atoms with Gasteiger partial charge in [-0.2, -0.15) is 0 Å². The van der Waals surface area contributed by atoms with Gasteiger partial charge in [-0.15, -0.1) is 0 Å². The molecule has 1 N–H and O–H groups in total. The van der Waals surface area contributed by atoms with Crippen LogP contribution in [-0.4, -0.2) is 37.0 Å². The molecule has 1 unspecified atom stereocenters. The second kappa shape index (κ2) is 39.0. The predicted octanol–water partition coefficient (Wildman–Crippen LogP) is 12.3. The molecule has 0 rings (SSSR count). The van der Waals surface area contributed by atoms with Crippen molar-refractivity contribution in [1.82, 2.24) is 0 Å². The summed E-state index contributed by atoms with van der Waals surface area (Å²) in [4.78, 5) is 12.1. The van der Waals surface area contributed by atoms with Crippen LogP contribution in [0.2, 0.25) is 0 Å². The van der Waals surface area contributed by atoms with Crippen molar-refractivity contribution in [3.63, 3.8) is 0 Å². The van der Waals surface area contributed by atoms with Gasteiger partial charge < -0.3 is 14.6 Å². The molecular formula is C42H72O4. The Balaban J connectivity index is 3.52. The van der Waals surface area contributed by atoms with E-state index in [1.54, 1.807) is 0 Å². The van der Waals surface area contributed by atoms with E-state index < -0.39 is 6.10 Å². The van der Waals surface area contributed by atoms with Crippen molar-refractivity contribution in [2.24, 2.45) is 0 Å². The Morgan fingerprint density at radius 3 is 1.50 bits per heavy atom. The van der Waals surface area contributed by atoms with Crippen molar-refractivity contribution < 1.29 is 19.4 Å². The molecule has 0 fully saturated rings. The minimum atomic E-state index is -0.549.